The molecule has 6 heteroatoms. The van der Waals surface area contributed by atoms with Crippen molar-refractivity contribution >= 4 is 11.9 Å². The highest BCUT2D eigenvalue weighted by Gasteiger charge is 2.49. The van der Waals surface area contributed by atoms with Gasteiger partial charge in [-0.3, -0.25) is 4.79 Å². The first kappa shape index (κ1) is 13.2. The van der Waals surface area contributed by atoms with Crippen molar-refractivity contribution in [1.29, 1.82) is 0 Å². The molecule has 19 heavy (non-hydrogen) atoms. The van der Waals surface area contributed by atoms with Crippen LogP contribution in [0.25, 0.3) is 0 Å². The Morgan fingerprint density at radius 2 is 2.11 bits per heavy atom. The number of rotatable bonds is 3. The average Bonchev–Trinajstić information content (AvgIpc) is 2.84. The van der Waals surface area contributed by atoms with Crippen LogP contribution in [-0.4, -0.2) is 30.5 Å². The third kappa shape index (κ3) is 1.99. The van der Waals surface area contributed by atoms with Crippen molar-refractivity contribution in [3.8, 4) is 5.75 Å². The molecule has 0 aliphatic carbocycles. The number of methoxy groups -OCH3 is 1. The van der Waals surface area contributed by atoms with E-state index in [-0.39, 0.29) is 0 Å². The summed E-state index contributed by atoms with van der Waals surface area (Å²) in [4.78, 5) is 24.9. The van der Waals surface area contributed by atoms with E-state index >= 15 is 0 Å². The smallest absolute Gasteiger partial charge is 0.315 e. The van der Waals surface area contributed by atoms with Crippen molar-refractivity contribution in [3.63, 3.8) is 0 Å². The summed E-state index contributed by atoms with van der Waals surface area (Å²) in [6, 6.07) is 6.36. The van der Waals surface area contributed by atoms with Gasteiger partial charge in [0.05, 0.1) is 7.11 Å². The summed E-state index contributed by atoms with van der Waals surface area (Å²) in [6.45, 7) is 0.426. The fraction of sp³-hybridized carbons (Fsp3) is 0.385. The molecule has 0 aromatic heterocycles. The molecule has 0 radical (unpaired) electrons. The molecule has 1 atom stereocenters. The number of amides is 3. The average molecular weight is 263 g/mol. The molecule has 1 fully saturated rings. The van der Waals surface area contributed by atoms with Crippen LogP contribution < -0.4 is 16.2 Å². The van der Waals surface area contributed by atoms with Crippen LogP contribution in [-0.2, 0) is 10.3 Å². The molecule has 1 aromatic rings. The van der Waals surface area contributed by atoms with Gasteiger partial charge in [-0.15, -0.1) is 0 Å². The molecule has 0 spiro atoms. The molecule has 1 aromatic carbocycles. The zero-order chi connectivity index (χ0) is 14.0. The lowest BCUT2D eigenvalue weighted by Gasteiger charge is -2.35. The number of benzene rings is 1. The van der Waals surface area contributed by atoms with Gasteiger partial charge in [0.2, 0.25) is 5.91 Å². The fourth-order valence-corrected chi connectivity index (χ4v) is 2.70. The van der Waals surface area contributed by atoms with Crippen molar-refractivity contribution in [2.75, 3.05) is 13.7 Å². The van der Waals surface area contributed by atoms with Gasteiger partial charge in [0.25, 0.3) is 0 Å². The highest BCUT2D eigenvalue weighted by molar-refractivity contribution is 5.91. The van der Waals surface area contributed by atoms with E-state index in [1.165, 1.54) is 12.0 Å². The molecule has 1 aliphatic heterocycles. The van der Waals surface area contributed by atoms with E-state index in [0.29, 0.717) is 30.7 Å². The first-order valence-corrected chi connectivity index (χ1v) is 6.04. The Morgan fingerprint density at radius 1 is 1.37 bits per heavy atom. The van der Waals surface area contributed by atoms with Crippen molar-refractivity contribution in [2.24, 2.45) is 11.5 Å². The summed E-state index contributed by atoms with van der Waals surface area (Å²) < 4.78 is 5.15. The molecule has 1 saturated heterocycles. The number of likely N-dealkylation sites (tertiary alicyclic amines) is 1. The summed E-state index contributed by atoms with van der Waals surface area (Å²) in [5.74, 6) is 0.0338. The second kappa shape index (κ2) is 4.79. The molecule has 0 bridgehead atoms. The van der Waals surface area contributed by atoms with Gasteiger partial charge in [-0.05, 0) is 30.5 Å². The Morgan fingerprint density at radius 3 is 2.68 bits per heavy atom. The molecule has 1 aliphatic rings. The Labute approximate surface area is 111 Å². The van der Waals surface area contributed by atoms with Gasteiger partial charge in [-0.25, -0.2) is 4.79 Å². The van der Waals surface area contributed by atoms with Gasteiger partial charge in [-0.1, -0.05) is 12.1 Å². The summed E-state index contributed by atoms with van der Waals surface area (Å²) in [5, 5.41) is 0. The molecular formula is C13H17N3O3. The number of nitrogens with zero attached hydrogens (tertiary/aromatic N) is 1. The van der Waals surface area contributed by atoms with Crippen LogP contribution in [0.5, 0.6) is 5.75 Å². The van der Waals surface area contributed by atoms with Gasteiger partial charge in [0.1, 0.15) is 11.3 Å². The lowest BCUT2D eigenvalue weighted by Crippen LogP contribution is -2.55. The molecular weight excluding hydrogens is 246 g/mol. The van der Waals surface area contributed by atoms with Crippen LogP contribution in [0, 0.1) is 0 Å². The van der Waals surface area contributed by atoms with Crippen LogP contribution in [0.1, 0.15) is 18.4 Å². The number of ether oxygens (including phenoxy) is 1. The maximum Gasteiger partial charge on any atom is 0.315 e. The summed E-state index contributed by atoms with van der Waals surface area (Å²) in [6.07, 6.45) is 1.15. The van der Waals surface area contributed by atoms with E-state index in [2.05, 4.69) is 0 Å². The first-order valence-electron chi connectivity index (χ1n) is 6.04. The Balaban J connectivity index is 2.55. The number of carbonyl (C=O) groups excluding carboxylic acids is 2. The maximum absolute atomic E-state index is 12.0. The monoisotopic (exact) mass is 263 g/mol. The number of hydrogen-bond acceptors (Lipinski definition) is 3. The van der Waals surface area contributed by atoms with Crippen molar-refractivity contribution in [2.45, 2.75) is 18.4 Å². The quantitative estimate of drug-likeness (QED) is 0.833. The van der Waals surface area contributed by atoms with E-state index in [0.717, 1.165) is 0 Å². The summed E-state index contributed by atoms with van der Waals surface area (Å²) >= 11 is 0. The lowest BCUT2D eigenvalue weighted by molar-refractivity contribution is -0.127. The third-order valence-electron chi connectivity index (χ3n) is 3.60. The van der Waals surface area contributed by atoms with Crippen LogP contribution >= 0.6 is 0 Å². The summed E-state index contributed by atoms with van der Waals surface area (Å²) in [5.41, 5.74) is 10.4. The van der Waals surface area contributed by atoms with Gasteiger partial charge >= 0.3 is 6.03 Å². The van der Waals surface area contributed by atoms with Crippen LogP contribution in [0.2, 0.25) is 0 Å². The second-order valence-electron chi connectivity index (χ2n) is 4.55. The lowest BCUT2D eigenvalue weighted by atomic mass is 9.86. The van der Waals surface area contributed by atoms with E-state index in [9.17, 15) is 9.59 Å². The first-order chi connectivity index (χ1) is 9.02. The Bertz CT molecular complexity index is 518. The second-order valence-corrected chi connectivity index (χ2v) is 4.55. The molecule has 6 nitrogen and oxygen atoms in total. The predicted octanol–water partition coefficient (Wildman–Crippen LogP) is 0.550. The zero-order valence-electron chi connectivity index (χ0n) is 10.8. The SMILES string of the molecule is COc1cccc(C2(C(N)=O)CCCN2C(N)=O)c1. The fourth-order valence-electron chi connectivity index (χ4n) is 2.70. The molecule has 1 unspecified atom stereocenters. The van der Waals surface area contributed by atoms with Gasteiger partial charge in [0, 0.05) is 6.54 Å². The number of carbonyl (C=O) groups is 2. The predicted molar refractivity (Wildman–Crippen MR) is 69.4 cm³/mol. The van der Waals surface area contributed by atoms with Crippen molar-refractivity contribution in [1.82, 2.24) is 4.90 Å². The minimum atomic E-state index is -1.17. The topological polar surface area (TPSA) is 98.7 Å². The minimum absolute atomic E-state index is 0.426. The molecule has 3 amide bonds. The number of hydrogen-bond donors (Lipinski definition) is 2. The Kier molecular flexibility index (Phi) is 3.33. The number of primary amides is 2. The standard InChI is InChI=1S/C13H17N3O3/c1-19-10-5-2-4-9(8-10)13(11(14)17)6-3-7-16(13)12(15)18/h2,4-5,8H,3,6-7H2,1H3,(H2,14,17)(H2,15,18). The highest BCUT2D eigenvalue weighted by Crippen LogP contribution is 2.39. The summed E-state index contributed by atoms with van der Waals surface area (Å²) in [7, 11) is 1.54. The van der Waals surface area contributed by atoms with E-state index in [1.807, 2.05) is 0 Å². The normalized spacial score (nSPS) is 22.3. The van der Waals surface area contributed by atoms with Gasteiger partial charge < -0.3 is 21.1 Å². The minimum Gasteiger partial charge on any atom is -0.497 e. The van der Waals surface area contributed by atoms with Crippen LogP contribution in [0.3, 0.4) is 0 Å². The van der Waals surface area contributed by atoms with E-state index in [4.69, 9.17) is 16.2 Å². The van der Waals surface area contributed by atoms with Gasteiger partial charge in [-0.2, -0.15) is 0 Å². The maximum atomic E-state index is 12.0. The largest absolute Gasteiger partial charge is 0.497 e. The molecule has 4 N–H and O–H groups in total. The van der Waals surface area contributed by atoms with E-state index in [1.54, 1.807) is 24.3 Å². The third-order valence-corrected chi connectivity index (χ3v) is 3.60. The molecule has 2 rings (SSSR count). The van der Waals surface area contributed by atoms with E-state index < -0.39 is 17.5 Å². The van der Waals surface area contributed by atoms with Crippen LogP contribution in [0.4, 0.5) is 4.79 Å². The highest BCUT2D eigenvalue weighted by atomic mass is 16.5. The molecule has 102 valence electrons. The van der Waals surface area contributed by atoms with Crippen LogP contribution in [0.15, 0.2) is 24.3 Å². The van der Waals surface area contributed by atoms with Gasteiger partial charge in [0.15, 0.2) is 0 Å². The van der Waals surface area contributed by atoms with Crippen molar-refractivity contribution in [3.05, 3.63) is 29.8 Å². The molecule has 1 heterocycles. The Hall–Kier alpha value is -2.24. The number of nitrogens with two attached hydrogens (primary N) is 2. The van der Waals surface area contributed by atoms with Crippen molar-refractivity contribution < 1.29 is 14.3 Å². The molecule has 0 saturated carbocycles. The number of urea groups is 1. The zero-order valence-corrected chi connectivity index (χ0v) is 10.8.